The topological polar surface area (TPSA) is 23.6 Å². The van der Waals surface area contributed by atoms with Crippen LogP contribution in [0.3, 0.4) is 0 Å². The molecule has 0 saturated carbocycles. The van der Waals surface area contributed by atoms with Gasteiger partial charge in [-0.05, 0) is 88.2 Å². The molecule has 3 heterocycles. The Hall–Kier alpha value is -1.65. The number of hydrogen-bond acceptors (Lipinski definition) is 3. The molecule has 0 unspecified atom stereocenters. The maximum Gasteiger partial charge on any atom is 0.264 e. The zero-order valence-electron chi connectivity index (χ0n) is 17.4. The first-order chi connectivity index (χ1) is 13.5. The fourth-order valence-corrected chi connectivity index (χ4v) is 5.72. The van der Waals surface area contributed by atoms with E-state index in [9.17, 15) is 4.79 Å². The van der Waals surface area contributed by atoms with E-state index in [1.807, 2.05) is 4.90 Å². The van der Waals surface area contributed by atoms with E-state index in [1.54, 1.807) is 11.3 Å². The summed E-state index contributed by atoms with van der Waals surface area (Å²) in [7, 11) is 0. The van der Waals surface area contributed by atoms with Gasteiger partial charge in [0.25, 0.3) is 5.91 Å². The van der Waals surface area contributed by atoms with Crippen molar-refractivity contribution in [2.24, 2.45) is 0 Å². The lowest BCUT2D eigenvalue weighted by Crippen LogP contribution is -2.37. The number of aryl methyl sites for hydroxylation is 1. The maximum absolute atomic E-state index is 12.8. The highest BCUT2D eigenvalue weighted by atomic mass is 32.1. The highest BCUT2D eigenvalue weighted by Gasteiger charge is 2.24. The van der Waals surface area contributed by atoms with Crippen molar-refractivity contribution in [1.82, 2.24) is 9.80 Å². The van der Waals surface area contributed by atoms with Gasteiger partial charge in [0.15, 0.2) is 0 Å². The number of carbonyl (C=O) groups is 1. The highest BCUT2D eigenvalue weighted by molar-refractivity contribution is 7.17. The van der Waals surface area contributed by atoms with Crippen molar-refractivity contribution >= 4 is 17.2 Å². The summed E-state index contributed by atoms with van der Waals surface area (Å²) in [6, 6.07) is 12.0. The Balaban J connectivity index is 1.46. The molecule has 4 rings (SSSR count). The van der Waals surface area contributed by atoms with Crippen LogP contribution in [-0.4, -0.2) is 47.9 Å². The predicted octanol–water partition coefficient (Wildman–Crippen LogP) is 5.55. The zero-order chi connectivity index (χ0) is 19.7. The van der Waals surface area contributed by atoms with E-state index in [1.165, 1.54) is 41.9 Å². The quantitative estimate of drug-likeness (QED) is 0.677. The van der Waals surface area contributed by atoms with Crippen molar-refractivity contribution < 1.29 is 4.79 Å². The third-order valence-corrected chi connectivity index (χ3v) is 7.71. The van der Waals surface area contributed by atoms with Crippen LogP contribution in [0.5, 0.6) is 0 Å². The van der Waals surface area contributed by atoms with Gasteiger partial charge in [0, 0.05) is 24.0 Å². The van der Waals surface area contributed by atoms with Gasteiger partial charge >= 0.3 is 0 Å². The number of thiophene rings is 1. The van der Waals surface area contributed by atoms with Crippen LogP contribution in [0.2, 0.25) is 0 Å². The molecule has 2 saturated heterocycles. The number of piperidine rings is 1. The minimum absolute atomic E-state index is 0.222. The molecule has 2 aromatic rings. The molecule has 1 aromatic heterocycles. The third kappa shape index (κ3) is 4.04. The zero-order valence-corrected chi connectivity index (χ0v) is 18.2. The highest BCUT2D eigenvalue weighted by Crippen LogP contribution is 2.35. The summed E-state index contributed by atoms with van der Waals surface area (Å²) in [6.45, 7) is 10.9. The average molecular weight is 397 g/mol. The number of amides is 1. The first kappa shape index (κ1) is 19.7. The van der Waals surface area contributed by atoms with Gasteiger partial charge in [0.2, 0.25) is 0 Å². The third-order valence-electron chi connectivity index (χ3n) is 6.43. The van der Waals surface area contributed by atoms with E-state index in [2.05, 4.69) is 56.0 Å². The molecule has 3 nitrogen and oxygen atoms in total. The fraction of sp³-hybridized carbons (Fsp3) is 0.542. The van der Waals surface area contributed by atoms with Crippen LogP contribution in [-0.2, 0) is 0 Å². The molecule has 2 aliphatic rings. The van der Waals surface area contributed by atoms with Gasteiger partial charge in [-0.15, -0.1) is 11.3 Å². The second-order valence-electron chi connectivity index (χ2n) is 8.65. The lowest BCUT2D eigenvalue weighted by molar-refractivity contribution is 0.0797. The van der Waals surface area contributed by atoms with Crippen LogP contribution in [0.1, 0.15) is 66.2 Å². The first-order valence-corrected chi connectivity index (χ1v) is 11.6. The van der Waals surface area contributed by atoms with E-state index in [-0.39, 0.29) is 5.91 Å². The van der Waals surface area contributed by atoms with E-state index in [0.29, 0.717) is 12.0 Å². The monoisotopic (exact) mass is 396 g/mol. The Morgan fingerprint density at radius 2 is 1.68 bits per heavy atom. The molecule has 0 spiro atoms. The predicted molar refractivity (Wildman–Crippen MR) is 118 cm³/mol. The van der Waals surface area contributed by atoms with Gasteiger partial charge in [-0.1, -0.05) is 24.3 Å². The lowest BCUT2D eigenvalue weighted by atomic mass is 9.88. The second-order valence-corrected chi connectivity index (χ2v) is 9.70. The molecule has 0 N–H and O–H groups in total. The summed E-state index contributed by atoms with van der Waals surface area (Å²) in [5.74, 6) is 0.904. The van der Waals surface area contributed by atoms with Crippen molar-refractivity contribution in [2.45, 2.75) is 58.4 Å². The minimum Gasteiger partial charge on any atom is -0.338 e. The summed E-state index contributed by atoms with van der Waals surface area (Å²) in [5, 5.41) is 0. The van der Waals surface area contributed by atoms with Gasteiger partial charge in [0.1, 0.15) is 0 Å². The SMILES string of the molecule is Cc1cc(-c2ccc(C3CCN(C(C)C)CC3)cc2)sc1C(=O)N1CCCC1. The molecule has 0 atom stereocenters. The molecule has 0 radical (unpaired) electrons. The Bertz CT molecular complexity index is 810. The molecule has 0 aliphatic carbocycles. The molecular weight excluding hydrogens is 364 g/mol. The number of likely N-dealkylation sites (tertiary alicyclic amines) is 2. The Morgan fingerprint density at radius 1 is 1.04 bits per heavy atom. The number of carbonyl (C=O) groups excluding carboxylic acids is 1. The number of rotatable bonds is 4. The Kier molecular flexibility index (Phi) is 5.88. The smallest absolute Gasteiger partial charge is 0.264 e. The normalized spacial score (nSPS) is 18.9. The Labute approximate surface area is 173 Å². The molecule has 1 amide bonds. The van der Waals surface area contributed by atoms with Gasteiger partial charge in [-0.2, -0.15) is 0 Å². The van der Waals surface area contributed by atoms with Crippen LogP contribution in [0.15, 0.2) is 30.3 Å². The standard InChI is InChI=1S/C24H32N2OS/c1-17(2)25-14-10-20(11-15-25)19-6-8-21(9-7-19)22-16-18(3)23(28-22)24(27)26-12-4-5-13-26/h6-9,16-17,20H,4-5,10-15H2,1-3H3. The van der Waals surface area contributed by atoms with E-state index >= 15 is 0 Å². The fourth-order valence-electron chi connectivity index (χ4n) is 4.57. The van der Waals surface area contributed by atoms with Crippen LogP contribution >= 0.6 is 11.3 Å². The number of hydrogen-bond donors (Lipinski definition) is 0. The first-order valence-electron chi connectivity index (χ1n) is 10.8. The molecule has 1 aromatic carbocycles. The van der Waals surface area contributed by atoms with Gasteiger partial charge in [0.05, 0.1) is 4.88 Å². The van der Waals surface area contributed by atoms with Crippen molar-refractivity contribution in [1.29, 1.82) is 0 Å². The summed E-state index contributed by atoms with van der Waals surface area (Å²) in [4.78, 5) is 19.5. The summed E-state index contributed by atoms with van der Waals surface area (Å²) < 4.78 is 0. The molecule has 4 heteroatoms. The second kappa shape index (κ2) is 8.38. The van der Waals surface area contributed by atoms with Crippen LogP contribution < -0.4 is 0 Å². The van der Waals surface area contributed by atoms with Gasteiger partial charge in [-0.25, -0.2) is 0 Å². The number of nitrogens with zero attached hydrogens (tertiary/aromatic N) is 2. The van der Waals surface area contributed by atoms with Crippen molar-refractivity contribution in [3.63, 3.8) is 0 Å². The molecule has 150 valence electrons. The van der Waals surface area contributed by atoms with E-state index in [4.69, 9.17) is 0 Å². The maximum atomic E-state index is 12.8. The van der Waals surface area contributed by atoms with Crippen molar-refractivity contribution in [3.05, 3.63) is 46.3 Å². The van der Waals surface area contributed by atoms with Gasteiger partial charge in [-0.3, -0.25) is 4.79 Å². The average Bonchev–Trinajstić information content (AvgIpc) is 3.38. The summed E-state index contributed by atoms with van der Waals surface area (Å²) in [5.41, 5.74) is 3.81. The van der Waals surface area contributed by atoms with Crippen molar-refractivity contribution in [2.75, 3.05) is 26.2 Å². The Morgan fingerprint density at radius 3 is 2.29 bits per heavy atom. The summed E-state index contributed by atoms with van der Waals surface area (Å²) >= 11 is 1.65. The van der Waals surface area contributed by atoms with E-state index < -0.39 is 0 Å². The molecule has 28 heavy (non-hydrogen) atoms. The van der Waals surface area contributed by atoms with Crippen LogP contribution in [0, 0.1) is 6.92 Å². The molecule has 2 fully saturated rings. The molecule has 0 bridgehead atoms. The van der Waals surface area contributed by atoms with Crippen molar-refractivity contribution in [3.8, 4) is 10.4 Å². The largest absolute Gasteiger partial charge is 0.338 e. The molecular formula is C24H32N2OS. The van der Waals surface area contributed by atoms with Crippen LogP contribution in [0.25, 0.3) is 10.4 Å². The van der Waals surface area contributed by atoms with Gasteiger partial charge < -0.3 is 9.80 Å². The number of benzene rings is 1. The minimum atomic E-state index is 0.222. The molecule has 2 aliphatic heterocycles. The van der Waals surface area contributed by atoms with Crippen LogP contribution in [0.4, 0.5) is 0 Å². The lowest BCUT2D eigenvalue weighted by Gasteiger charge is -2.34. The summed E-state index contributed by atoms with van der Waals surface area (Å²) in [6.07, 6.45) is 4.79. The van der Waals surface area contributed by atoms with E-state index in [0.717, 1.165) is 36.4 Å².